The minimum atomic E-state index is -4.51. The molecule has 0 aliphatic carbocycles. The molecular weight excluding hydrogens is 237 g/mol. The molecule has 4 nitrogen and oxygen atoms in total. The molecule has 1 heterocycles. The van der Waals surface area contributed by atoms with Crippen molar-refractivity contribution >= 4 is 0 Å². The lowest BCUT2D eigenvalue weighted by molar-refractivity contribution is -0.137. The van der Waals surface area contributed by atoms with Gasteiger partial charge in [-0.1, -0.05) is 5.16 Å². The number of hydrogen-bond acceptors (Lipinski definition) is 4. The minimum Gasteiger partial charge on any atom is -0.497 e. The predicted octanol–water partition coefficient (Wildman–Crippen LogP) is 2.76. The third-order valence-corrected chi connectivity index (χ3v) is 2.13. The van der Waals surface area contributed by atoms with Crippen LogP contribution in [0.4, 0.5) is 13.2 Å². The summed E-state index contributed by atoms with van der Waals surface area (Å²) in [5.41, 5.74) is -1.01. The number of hydrogen-bond donors (Lipinski definition) is 0. The molecule has 1 aromatic heterocycles. The first-order chi connectivity index (χ1) is 8.02. The Morgan fingerprint density at radius 3 is 2.59 bits per heavy atom. The summed E-state index contributed by atoms with van der Waals surface area (Å²) in [5, 5.41) is 3.39. The molecule has 0 unspecified atom stereocenters. The number of alkyl halides is 3. The molecule has 0 saturated carbocycles. The van der Waals surface area contributed by atoms with E-state index < -0.39 is 11.7 Å². The third kappa shape index (κ3) is 2.22. The molecule has 17 heavy (non-hydrogen) atoms. The molecule has 90 valence electrons. The Hall–Kier alpha value is -2.05. The highest BCUT2D eigenvalue weighted by atomic mass is 19.4. The molecule has 0 spiro atoms. The number of aromatic nitrogens is 2. The lowest BCUT2D eigenvalue weighted by Crippen LogP contribution is -2.08. The molecule has 2 aromatic rings. The molecule has 1 aromatic carbocycles. The van der Waals surface area contributed by atoms with Crippen LogP contribution < -0.4 is 4.74 Å². The maximum atomic E-state index is 12.8. The van der Waals surface area contributed by atoms with Crippen LogP contribution in [0.3, 0.4) is 0 Å². The van der Waals surface area contributed by atoms with Gasteiger partial charge >= 0.3 is 6.18 Å². The Labute approximate surface area is 94.0 Å². The summed E-state index contributed by atoms with van der Waals surface area (Å²) in [5.74, 6) is 0.00421. The lowest BCUT2D eigenvalue weighted by atomic mass is 10.1. The van der Waals surface area contributed by atoms with E-state index in [0.29, 0.717) is 0 Å². The van der Waals surface area contributed by atoms with Gasteiger partial charge in [-0.05, 0) is 18.2 Å². The van der Waals surface area contributed by atoms with Crippen molar-refractivity contribution in [3.8, 4) is 17.1 Å². The number of nitrogens with zero attached hydrogens (tertiary/aromatic N) is 2. The maximum absolute atomic E-state index is 12.8. The van der Waals surface area contributed by atoms with Crippen molar-refractivity contribution in [2.75, 3.05) is 7.11 Å². The van der Waals surface area contributed by atoms with Crippen LogP contribution in [0, 0.1) is 0 Å². The Bertz CT molecular complexity index is 509. The second-order valence-corrected chi connectivity index (χ2v) is 3.16. The third-order valence-electron chi connectivity index (χ3n) is 2.13. The Balaban J connectivity index is 2.59. The van der Waals surface area contributed by atoms with Crippen LogP contribution in [0.2, 0.25) is 0 Å². The highest BCUT2D eigenvalue weighted by Crippen LogP contribution is 2.37. The first-order valence-electron chi connectivity index (χ1n) is 4.54. The molecule has 0 aliphatic rings. The van der Waals surface area contributed by atoms with Gasteiger partial charge in [0.1, 0.15) is 5.75 Å². The van der Waals surface area contributed by atoms with E-state index in [1.807, 2.05) is 0 Å². The van der Waals surface area contributed by atoms with E-state index in [1.165, 1.54) is 19.2 Å². The van der Waals surface area contributed by atoms with Crippen LogP contribution in [0.1, 0.15) is 5.56 Å². The van der Waals surface area contributed by atoms with E-state index in [9.17, 15) is 13.2 Å². The first-order valence-corrected chi connectivity index (χ1v) is 4.54. The molecule has 0 bridgehead atoms. The highest BCUT2D eigenvalue weighted by molar-refractivity contribution is 5.62. The van der Waals surface area contributed by atoms with E-state index in [-0.39, 0.29) is 17.1 Å². The van der Waals surface area contributed by atoms with Gasteiger partial charge in [-0.3, -0.25) is 0 Å². The molecule has 0 saturated heterocycles. The SMILES string of the molecule is COc1ccc(-c2ncon2)c(C(F)(F)F)c1. The monoisotopic (exact) mass is 244 g/mol. The topological polar surface area (TPSA) is 48.2 Å². The van der Waals surface area contributed by atoms with E-state index in [2.05, 4.69) is 14.7 Å². The summed E-state index contributed by atoms with van der Waals surface area (Å²) in [6, 6.07) is 3.54. The Morgan fingerprint density at radius 2 is 2.06 bits per heavy atom. The number of methoxy groups -OCH3 is 1. The number of halogens is 3. The molecular formula is C10H7F3N2O2. The van der Waals surface area contributed by atoms with Gasteiger partial charge in [-0.15, -0.1) is 0 Å². The minimum absolute atomic E-state index is 0.111. The molecule has 0 amide bonds. The van der Waals surface area contributed by atoms with Gasteiger partial charge < -0.3 is 9.26 Å². The van der Waals surface area contributed by atoms with Gasteiger partial charge in [-0.25, -0.2) is 0 Å². The molecule has 7 heteroatoms. The van der Waals surface area contributed by atoms with Crippen molar-refractivity contribution in [1.29, 1.82) is 0 Å². The van der Waals surface area contributed by atoms with E-state index in [4.69, 9.17) is 4.74 Å². The predicted molar refractivity (Wildman–Crippen MR) is 51.3 cm³/mol. The molecule has 2 rings (SSSR count). The standard InChI is InChI=1S/C10H7F3N2O2/c1-16-6-2-3-7(9-14-5-17-15-9)8(4-6)10(11,12)13/h2-5H,1H3. The molecule has 0 radical (unpaired) electrons. The zero-order valence-electron chi connectivity index (χ0n) is 8.65. The van der Waals surface area contributed by atoms with Gasteiger partial charge in [0.05, 0.1) is 12.7 Å². The van der Waals surface area contributed by atoms with Crippen molar-refractivity contribution in [2.24, 2.45) is 0 Å². The van der Waals surface area contributed by atoms with Crippen molar-refractivity contribution in [3.63, 3.8) is 0 Å². The number of ether oxygens (including phenoxy) is 1. The summed E-state index contributed by atoms with van der Waals surface area (Å²) in [6.45, 7) is 0. The van der Waals surface area contributed by atoms with Gasteiger partial charge in [0.15, 0.2) is 0 Å². The fraction of sp³-hybridized carbons (Fsp3) is 0.200. The van der Waals surface area contributed by atoms with Crippen molar-refractivity contribution in [3.05, 3.63) is 30.2 Å². The molecule has 0 atom stereocenters. The highest BCUT2D eigenvalue weighted by Gasteiger charge is 2.35. The summed E-state index contributed by atoms with van der Waals surface area (Å²) in [6.07, 6.45) is -3.54. The summed E-state index contributed by atoms with van der Waals surface area (Å²) in [7, 11) is 1.30. The summed E-state index contributed by atoms with van der Waals surface area (Å²) < 4.78 is 47.6. The second kappa shape index (κ2) is 4.08. The van der Waals surface area contributed by atoms with Crippen LogP contribution in [-0.2, 0) is 6.18 Å². The van der Waals surface area contributed by atoms with Crippen molar-refractivity contribution in [1.82, 2.24) is 10.1 Å². The molecule has 0 fully saturated rings. The van der Waals surface area contributed by atoms with Gasteiger partial charge in [-0.2, -0.15) is 18.2 Å². The first kappa shape index (κ1) is 11.4. The van der Waals surface area contributed by atoms with Gasteiger partial charge in [0.2, 0.25) is 12.2 Å². The van der Waals surface area contributed by atoms with Crippen LogP contribution >= 0.6 is 0 Å². The zero-order chi connectivity index (χ0) is 12.5. The summed E-state index contributed by atoms with van der Waals surface area (Å²) in [4.78, 5) is 3.60. The maximum Gasteiger partial charge on any atom is 0.417 e. The Morgan fingerprint density at radius 1 is 1.29 bits per heavy atom. The quantitative estimate of drug-likeness (QED) is 0.814. The van der Waals surface area contributed by atoms with E-state index in [0.717, 1.165) is 12.5 Å². The van der Waals surface area contributed by atoms with Gasteiger partial charge in [0.25, 0.3) is 0 Å². The molecule has 0 aliphatic heterocycles. The second-order valence-electron chi connectivity index (χ2n) is 3.16. The van der Waals surface area contributed by atoms with E-state index in [1.54, 1.807) is 0 Å². The van der Waals surface area contributed by atoms with Crippen LogP contribution in [0.15, 0.2) is 29.1 Å². The van der Waals surface area contributed by atoms with Crippen LogP contribution in [-0.4, -0.2) is 17.3 Å². The largest absolute Gasteiger partial charge is 0.497 e. The van der Waals surface area contributed by atoms with Crippen molar-refractivity contribution in [2.45, 2.75) is 6.18 Å². The average molecular weight is 244 g/mol. The van der Waals surface area contributed by atoms with Crippen LogP contribution in [0.25, 0.3) is 11.4 Å². The average Bonchev–Trinajstić information content (AvgIpc) is 2.80. The van der Waals surface area contributed by atoms with Crippen molar-refractivity contribution < 1.29 is 22.4 Å². The lowest BCUT2D eigenvalue weighted by Gasteiger charge is -2.11. The van der Waals surface area contributed by atoms with Crippen LogP contribution in [0.5, 0.6) is 5.75 Å². The summed E-state index contributed by atoms with van der Waals surface area (Å²) >= 11 is 0. The normalized spacial score (nSPS) is 11.5. The number of benzene rings is 1. The fourth-order valence-electron chi connectivity index (χ4n) is 1.37. The van der Waals surface area contributed by atoms with Gasteiger partial charge in [0, 0.05) is 5.56 Å². The number of rotatable bonds is 2. The Kier molecular flexibility index (Phi) is 2.74. The van der Waals surface area contributed by atoms with E-state index >= 15 is 0 Å². The molecule has 0 N–H and O–H groups in total. The smallest absolute Gasteiger partial charge is 0.417 e. The zero-order valence-corrected chi connectivity index (χ0v) is 8.65. The fourth-order valence-corrected chi connectivity index (χ4v) is 1.37.